The summed E-state index contributed by atoms with van der Waals surface area (Å²) in [5.74, 6) is 12.3. The third-order valence-electron chi connectivity index (χ3n) is 1.39. The monoisotopic (exact) mass is 186 g/mol. The second kappa shape index (κ2) is 7.48. The summed E-state index contributed by atoms with van der Waals surface area (Å²) >= 11 is 1.90. The number of thioether (sulfide) groups is 1. The molecule has 0 saturated heterocycles. The third kappa shape index (κ3) is 6.53. The second-order valence-corrected chi connectivity index (χ2v) is 4.49. The van der Waals surface area contributed by atoms with Crippen molar-refractivity contribution < 1.29 is 0 Å². The second-order valence-electron chi connectivity index (χ2n) is 2.88. The van der Waals surface area contributed by atoms with E-state index >= 15 is 0 Å². The Hall–Kier alpha value is -0.170. The molecule has 0 amide bonds. The molecule has 3 N–H and O–H groups in total. The van der Waals surface area contributed by atoms with Crippen LogP contribution in [0, 0.1) is 11.8 Å². The lowest BCUT2D eigenvalue weighted by atomic mass is 10.2. The average Bonchev–Trinajstić information content (AvgIpc) is 2.05. The normalized spacial score (nSPS) is 12.4. The molecule has 0 aliphatic heterocycles. The van der Waals surface area contributed by atoms with Crippen molar-refractivity contribution in [2.45, 2.75) is 38.5 Å². The van der Waals surface area contributed by atoms with Crippen molar-refractivity contribution in [2.24, 2.45) is 5.84 Å². The summed E-state index contributed by atoms with van der Waals surface area (Å²) in [5.41, 5.74) is 2.77. The molecule has 0 aliphatic carbocycles. The van der Waals surface area contributed by atoms with Crippen molar-refractivity contribution in [3.63, 3.8) is 0 Å². The molecule has 1 unspecified atom stereocenters. The number of hydrazine groups is 1. The van der Waals surface area contributed by atoms with Crippen LogP contribution >= 0.6 is 11.8 Å². The van der Waals surface area contributed by atoms with Gasteiger partial charge in [-0.3, -0.25) is 11.3 Å². The van der Waals surface area contributed by atoms with Gasteiger partial charge >= 0.3 is 0 Å². The van der Waals surface area contributed by atoms with Crippen molar-refractivity contribution >= 4 is 11.8 Å². The molecular formula is C9H18N2S. The molecule has 0 bridgehead atoms. The van der Waals surface area contributed by atoms with E-state index < -0.39 is 0 Å². The van der Waals surface area contributed by atoms with Gasteiger partial charge in [0.2, 0.25) is 0 Å². The van der Waals surface area contributed by atoms with Gasteiger partial charge in [-0.25, -0.2) is 0 Å². The van der Waals surface area contributed by atoms with Crippen LogP contribution in [0.4, 0.5) is 0 Å². The van der Waals surface area contributed by atoms with Gasteiger partial charge in [-0.05, 0) is 12.2 Å². The topological polar surface area (TPSA) is 38.0 Å². The maximum atomic E-state index is 5.37. The predicted octanol–water partition coefficient (Wildman–Crippen LogP) is 1.37. The van der Waals surface area contributed by atoms with Crippen LogP contribution in [0.25, 0.3) is 0 Å². The minimum atomic E-state index is 0.324. The Morgan fingerprint density at radius 2 is 2.17 bits per heavy atom. The first-order valence-corrected chi connectivity index (χ1v) is 5.23. The molecule has 2 nitrogen and oxygen atoms in total. The highest BCUT2D eigenvalue weighted by Gasteiger charge is 2.05. The molecule has 0 radical (unpaired) electrons. The summed E-state index contributed by atoms with van der Waals surface area (Å²) in [6, 6.07) is 0.324. The van der Waals surface area contributed by atoms with E-state index in [-0.39, 0.29) is 0 Å². The highest BCUT2D eigenvalue weighted by Crippen LogP contribution is 2.11. The van der Waals surface area contributed by atoms with Gasteiger partial charge in [-0.1, -0.05) is 13.8 Å². The largest absolute Gasteiger partial charge is 0.271 e. The van der Waals surface area contributed by atoms with Crippen LogP contribution in [0.3, 0.4) is 0 Å². The number of rotatable bonds is 5. The van der Waals surface area contributed by atoms with Crippen molar-refractivity contribution in [1.29, 1.82) is 0 Å². The number of nitrogens with two attached hydrogens (primary N) is 1. The van der Waals surface area contributed by atoms with Gasteiger partial charge in [0.05, 0.1) is 0 Å². The van der Waals surface area contributed by atoms with E-state index in [1.54, 1.807) is 0 Å². The zero-order chi connectivity index (χ0) is 9.40. The third-order valence-corrected chi connectivity index (χ3v) is 2.65. The molecule has 12 heavy (non-hydrogen) atoms. The average molecular weight is 186 g/mol. The van der Waals surface area contributed by atoms with Crippen molar-refractivity contribution in [1.82, 2.24) is 5.43 Å². The number of hydrogen-bond donors (Lipinski definition) is 2. The number of nitrogens with one attached hydrogen (secondary N) is 1. The van der Waals surface area contributed by atoms with E-state index in [1.807, 2.05) is 18.7 Å². The van der Waals surface area contributed by atoms with Gasteiger partial charge < -0.3 is 0 Å². The maximum Gasteiger partial charge on any atom is 0.0410 e. The van der Waals surface area contributed by atoms with Gasteiger partial charge in [-0.15, -0.1) is 11.8 Å². The fraction of sp³-hybridized carbons (Fsp3) is 0.778. The summed E-state index contributed by atoms with van der Waals surface area (Å²) in [6.45, 7) is 6.22. The molecule has 0 rings (SSSR count). The molecule has 0 aromatic carbocycles. The quantitative estimate of drug-likeness (QED) is 0.387. The summed E-state index contributed by atoms with van der Waals surface area (Å²) in [4.78, 5) is 0. The molecule has 70 valence electrons. The molecule has 0 aromatic heterocycles. The van der Waals surface area contributed by atoms with E-state index in [1.165, 1.54) is 0 Å². The Kier molecular flexibility index (Phi) is 7.37. The number of hydrogen-bond acceptors (Lipinski definition) is 3. The Labute approximate surface area is 79.6 Å². The molecule has 0 spiro atoms. The van der Waals surface area contributed by atoms with E-state index in [0.717, 1.165) is 12.2 Å². The molecule has 0 aliphatic rings. The van der Waals surface area contributed by atoms with E-state index in [4.69, 9.17) is 5.84 Å². The first-order chi connectivity index (χ1) is 5.70. The minimum Gasteiger partial charge on any atom is -0.271 e. The SMILES string of the molecule is CC#CCC(CSC(C)C)NN. The minimum absolute atomic E-state index is 0.324. The Bertz CT molecular complexity index is 158. The summed E-state index contributed by atoms with van der Waals surface area (Å²) < 4.78 is 0. The van der Waals surface area contributed by atoms with Crippen molar-refractivity contribution in [3.8, 4) is 11.8 Å². The molecule has 3 heteroatoms. The van der Waals surface area contributed by atoms with E-state index in [2.05, 4.69) is 31.1 Å². The van der Waals surface area contributed by atoms with Crippen molar-refractivity contribution in [2.75, 3.05) is 5.75 Å². The summed E-state index contributed by atoms with van der Waals surface area (Å²) in [6.07, 6.45) is 0.840. The van der Waals surface area contributed by atoms with Gasteiger partial charge in [0.15, 0.2) is 0 Å². The zero-order valence-corrected chi connectivity index (χ0v) is 8.87. The summed E-state index contributed by atoms with van der Waals surface area (Å²) in [5, 5.41) is 0.662. The van der Waals surface area contributed by atoms with Gasteiger partial charge in [0.1, 0.15) is 0 Å². The Morgan fingerprint density at radius 3 is 2.58 bits per heavy atom. The molecule has 0 fully saturated rings. The Morgan fingerprint density at radius 1 is 1.50 bits per heavy atom. The fourth-order valence-corrected chi connectivity index (χ4v) is 1.53. The lowest BCUT2D eigenvalue weighted by Crippen LogP contribution is -2.37. The highest BCUT2D eigenvalue weighted by molar-refractivity contribution is 7.99. The van der Waals surface area contributed by atoms with Gasteiger partial charge in [0, 0.05) is 18.2 Å². The first-order valence-electron chi connectivity index (χ1n) is 4.18. The van der Waals surface area contributed by atoms with Crippen LogP contribution in [-0.4, -0.2) is 17.0 Å². The zero-order valence-electron chi connectivity index (χ0n) is 8.05. The highest BCUT2D eigenvalue weighted by atomic mass is 32.2. The fourth-order valence-electron chi connectivity index (χ4n) is 0.700. The Balaban J connectivity index is 3.57. The molecule has 1 atom stereocenters. The van der Waals surface area contributed by atoms with Crippen LogP contribution in [-0.2, 0) is 0 Å². The lowest BCUT2D eigenvalue weighted by molar-refractivity contribution is 0.591. The van der Waals surface area contributed by atoms with Crippen molar-refractivity contribution in [3.05, 3.63) is 0 Å². The van der Waals surface area contributed by atoms with Crippen LogP contribution < -0.4 is 11.3 Å². The smallest absolute Gasteiger partial charge is 0.0410 e. The molecule has 0 saturated carbocycles. The van der Waals surface area contributed by atoms with Crippen LogP contribution in [0.5, 0.6) is 0 Å². The standard InChI is InChI=1S/C9H18N2S/c1-4-5-6-9(11-10)7-12-8(2)3/h8-9,11H,6-7,10H2,1-3H3. The predicted molar refractivity (Wildman–Crippen MR) is 56.8 cm³/mol. The molecule has 0 heterocycles. The maximum absolute atomic E-state index is 5.37. The van der Waals surface area contributed by atoms with E-state index in [0.29, 0.717) is 11.3 Å². The van der Waals surface area contributed by atoms with E-state index in [9.17, 15) is 0 Å². The first kappa shape index (κ1) is 11.8. The van der Waals surface area contributed by atoms with Gasteiger partial charge in [0.25, 0.3) is 0 Å². The molecule has 0 aromatic rings. The lowest BCUT2D eigenvalue weighted by Gasteiger charge is -2.13. The van der Waals surface area contributed by atoms with Crippen LogP contribution in [0.1, 0.15) is 27.2 Å². The van der Waals surface area contributed by atoms with Crippen LogP contribution in [0.2, 0.25) is 0 Å². The van der Waals surface area contributed by atoms with Gasteiger partial charge in [-0.2, -0.15) is 11.8 Å². The molecular weight excluding hydrogens is 168 g/mol. The summed E-state index contributed by atoms with van der Waals surface area (Å²) in [7, 11) is 0. The van der Waals surface area contributed by atoms with Crippen LogP contribution in [0.15, 0.2) is 0 Å².